The molecule has 1 aliphatic heterocycles. The number of anilines is 2. The molecule has 13 heteroatoms. The van der Waals surface area contributed by atoms with Crippen molar-refractivity contribution in [1.82, 2.24) is 9.55 Å². The zero-order valence-electron chi connectivity index (χ0n) is 20.1. The molecule has 2 heterocycles. The van der Waals surface area contributed by atoms with Crippen molar-refractivity contribution < 1.29 is 30.3 Å². The highest BCUT2D eigenvalue weighted by Gasteiger charge is 2.43. The Labute approximate surface area is 211 Å². The van der Waals surface area contributed by atoms with Crippen molar-refractivity contribution in [2.45, 2.75) is 24.5 Å². The number of hydrogen-bond acceptors (Lipinski definition) is 10. The van der Waals surface area contributed by atoms with Crippen molar-refractivity contribution >= 4 is 28.8 Å². The third kappa shape index (κ3) is 6.22. The summed E-state index contributed by atoms with van der Waals surface area (Å²) in [5, 5.41) is 40.1. The minimum Gasteiger partial charge on any atom is -0.412 e. The second-order valence-electron chi connectivity index (χ2n) is 8.34. The van der Waals surface area contributed by atoms with Gasteiger partial charge in [0.1, 0.15) is 24.1 Å². The highest BCUT2D eigenvalue weighted by Crippen LogP contribution is 2.28. The fourth-order valence-corrected chi connectivity index (χ4v) is 3.59. The Morgan fingerprint density at radius 3 is 2.14 bits per heavy atom. The lowest BCUT2D eigenvalue weighted by molar-refractivity contribution is -0.0549. The fraction of sp³-hybridized carbons (Fsp3) is 0.292. The predicted octanol–water partition coefficient (Wildman–Crippen LogP) is 0.764. The lowest BCUT2D eigenvalue weighted by Gasteiger charge is -2.17. The quantitative estimate of drug-likeness (QED) is 0.333. The molecule has 1 aliphatic rings. The number of aromatic nitrogens is 2. The number of aliphatic hydroxyl groups is 3. The first-order valence-electron chi connectivity index (χ1n) is 11.1. The van der Waals surface area contributed by atoms with Crippen LogP contribution in [0.15, 0.2) is 75.8 Å². The molecule has 0 bridgehead atoms. The first-order valence-corrected chi connectivity index (χ1v) is 11.1. The van der Waals surface area contributed by atoms with Crippen LogP contribution >= 0.6 is 0 Å². The molecule has 0 radical (unpaired) electrons. The van der Waals surface area contributed by atoms with Crippen molar-refractivity contribution in [2.75, 3.05) is 30.9 Å². The standard InChI is InChI=1S/C24H26N6O6.H2O/c1-29(2)17-9-7-16(8-10-17)28-27-15-5-3-14(4-6-15)22(34)25-19-11-12-30(24(35)26-19)23-21(33)20(32)18(13-31)36-23;/h3-12,18,20-21,23,31-33H,13H2,1-2H3,(H,25,26,34,35);1H2/t18-,20-,21-,23-;/m1./s1. The number of nitrogens with one attached hydrogen (secondary N) is 1. The van der Waals surface area contributed by atoms with Crippen LogP contribution in [0.5, 0.6) is 0 Å². The van der Waals surface area contributed by atoms with E-state index in [0.717, 1.165) is 10.3 Å². The van der Waals surface area contributed by atoms with Gasteiger partial charge in [-0.3, -0.25) is 9.36 Å². The van der Waals surface area contributed by atoms with Crippen LogP contribution < -0.4 is 15.9 Å². The second kappa shape index (κ2) is 11.8. The van der Waals surface area contributed by atoms with Crippen LogP contribution in [0, 0.1) is 0 Å². The van der Waals surface area contributed by atoms with Gasteiger partial charge in [-0.2, -0.15) is 15.2 Å². The first kappa shape index (κ1) is 27.6. The molecule has 0 aliphatic carbocycles. The Morgan fingerprint density at radius 1 is 1.03 bits per heavy atom. The van der Waals surface area contributed by atoms with Gasteiger partial charge in [0.25, 0.3) is 5.91 Å². The lowest BCUT2D eigenvalue weighted by Crippen LogP contribution is -2.36. The van der Waals surface area contributed by atoms with Crippen molar-refractivity contribution in [1.29, 1.82) is 0 Å². The van der Waals surface area contributed by atoms with Crippen LogP contribution in [-0.2, 0) is 4.74 Å². The summed E-state index contributed by atoms with van der Waals surface area (Å²) in [7, 11) is 3.91. The summed E-state index contributed by atoms with van der Waals surface area (Å²) in [6.45, 7) is -0.519. The van der Waals surface area contributed by atoms with E-state index in [1.807, 2.05) is 43.3 Å². The maximum atomic E-state index is 12.6. The Morgan fingerprint density at radius 2 is 1.62 bits per heavy atom. The maximum absolute atomic E-state index is 12.6. The number of hydrogen-bond donors (Lipinski definition) is 4. The SMILES string of the molecule is CN(C)c1ccc(N=Nc2ccc(C(=O)Nc3ccn([C@@H]4O[C@H](CO)[C@@H](O)[C@H]4O)c(=O)n3)cc2)cc1.O. The second-order valence-corrected chi connectivity index (χ2v) is 8.34. The zero-order chi connectivity index (χ0) is 25.8. The van der Waals surface area contributed by atoms with Crippen molar-refractivity contribution in [3.05, 3.63) is 76.8 Å². The van der Waals surface area contributed by atoms with Gasteiger partial charge in [0, 0.05) is 31.5 Å². The molecule has 37 heavy (non-hydrogen) atoms. The van der Waals surface area contributed by atoms with Crippen molar-refractivity contribution in [3.63, 3.8) is 0 Å². The Balaban J connectivity index is 0.00000380. The summed E-state index contributed by atoms with van der Waals surface area (Å²) in [4.78, 5) is 30.8. The van der Waals surface area contributed by atoms with Gasteiger partial charge in [-0.05, 0) is 54.6 Å². The predicted molar refractivity (Wildman–Crippen MR) is 134 cm³/mol. The molecule has 1 fully saturated rings. The molecule has 1 aromatic heterocycles. The van der Waals surface area contributed by atoms with Crippen molar-refractivity contribution in [2.24, 2.45) is 10.2 Å². The minimum absolute atomic E-state index is 0. The highest BCUT2D eigenvalue weighted by molar-refractivity contribution is 6.03. The molecule has 0 saturated carbocycles. The maximum Gasteiger partial charge on any atom is 0.351 e. The van der Waals surface area contributed by atoms with Crippen LogP contribution in [0.3, 0.4) is 0 Å². The smallest absolute Gasteiger partial charge is 0.351 e. The highest BCUT2D eigenvalue weighted by atomic mass is 16.6. The average molecular weight is 513 g/mol. The first-order chi connectivity index (χ1) is 17.3. The van der Waals surface area contributed by atoms with Gasteiger partial charge in [0.15, 0.2) is 6.23 Å². The molecular formula is C24H28N6O7. The van der Waals surface area contributed by atoms with E-state index in [1.54, 1.807) is 24.3 Å². The van der Waals surface area contributed by atoms with Gasteiger partial charge in [-0.1, -0.05) is 0 Å². The largest absolute Gasteiger partial charge is 0.412 e. The number of rotatable bonds is 7. The molecule has 4 rings (SSSR count). The lowest BCUT2D eigenvalue weighted by atomic mass is 10.1. The van der Waals surface area contributed by atoms with Crippen LogP contribution in [-0.4, -0.2) is 75.3 Å². The molecule has 2 aromatic carbocycles. The average Bonchev–Trinajstić information content (AvgIpc) is 3.16. The van der Waals surface area contributed by atoms with E-state index in [9.17, 15) is 24.9 Å². The van der Waals surface area contributed by atoms with Gasteiger partial charge in [0.05, 0.1) is 18.0 Å². The number of nitrogens with zero attached hydrogens (tertiary/aromatic N) is 5. The molecule has 6 N–H and O–H groups in total. The number of carbonyl (C=O) groups is 1. The number of azo groups is 1. The molecular weight excluding hydrogens is 484 g/mol. The summed E-state index contributed by atoms with van der Waals surface area (Å²) in [6.07, 6.45) is -3.73. The van der Waals surface area contributed by atoms with Crippen molar-refractivity contribution in [3.8, 4) is 0 Å². The minimum atomic E-state index is -1.42. The molecule has 13 nitrogen and oxygen atoms in total. The monoisotopic (exact) mass is 512 g/mol. The topological polar surface area (TPSA) is 193 Å². The molecule has 1 saturated heterocycles. The summed E-state index contributed by atoms with van der Waals surface area (Å²) in [5.41, 5.74) is 1.81. The van der Waals surface area contributed by atoms with E-state index >= 15 is 0 Å². The van der Waals surface area contributed by atoms with Crippen LogP contribution in [0.25, 0.3) is 0 Å². The fourth-order valence-electron chi connectivity index (χ4n) is 3.59. The molecule has 0 spiro atoms. The normalized spacial score (nSPS) is 21.0. The molecule has 196 valence electrons. The third-order valence-electron chi connectivity index (χ3n) is 5.64. The molecule has 4 atom stereocenters. The van der Waals surface area contributed by atoms with E-state index < -0.39 is 42.7 Å². The summed E-state index contributed by atoms with van der Waals surface area (Å²) < 4.78 is 6.31. The Bertz CT molecular complexity index is 1290. The van der Waals surface area contributed by atoms with Crippen LogP contribution in [0.1, 0.15) is 16.6 Å². The van der Waals surface area contributed by atoms with Crippen LogP contribution in [0.4, 0.5) is 22.9 Å². The summed E-state index contributed by atoms with van der Waals surface area (Å²) in [6, 6.07) is 15.4. The number of benzene rings is 2. The van der Waals surface area contributed by atoms with Gasteiger partial charge in [0.2, 0.25) is 0 Å². The number of aliphatic hydroxyl groups excluding tert-OH is 3. The van der Waals surface area contributed by atoms with Gasteiger partial charge in [-0.25, -0.2) is 4.79 Å². The molecule has 1 amide bonds. The number of carbonyl (C=O) groups excluding carboxylic acids is 1. The third-order valence-corrected chi connectivity index (χ3v) is 5.64. The Hall–Kier alpha value is -4.01. The summed E-state index contributed by atoms with van der Waals surface area (Å²) in [5.74, 6) is -0.492. The number of ether oxygens (including phenoxy) is 1. The van der Waals surface area contributed by atoms with E-state index in [1.165, 1.54) is 12.3 Å². The van der Waals surface area contributed by atoms with Gasteiger partial charge < -0.3 is 35.7 Å². The van der Waals surface area contributed by atoms with Crippen LogP contribution in [0.2, 0.25) is 0 Å². The van der Waals surface area contributed by atoms with Gasteiger partial charge in [-0.15, -0.1) is 0 Å². The summed E-state index contributed by atoms with van der Waals surface area (Å²) >= 11 is 0. The van der Waals surface area contributed by atoms with E-state index in [4.69, 9.17) is 4.74 Å². The van der Waals surface area contributed by atoms with E-state index in [0.29, 0.717) is 16.9 Å². The molecule has 0 unspecified atom stereocenters. The molecule has 3 aromatic rings. The van der Waals surface area contributed by atoms with Gasteiger partial charge >= 0.3 is 5.69 Å². The van der Waals surface area contributed by atoms with E-state index in [2.05, 4.69) is 20.5 Å². The number of amides is 1. The zero-order valence-corrected chi connectivity index (χ0v) is 20.1. The van der Waals surface area contributed by atoms with E-state index in [-0.39, 0.29) is 11.3 Å². The Kier molecular flexibility index (Phi) is 8.81.